The van der Waals surface area contributed by atoms with Crippen molar-refractivity contribution < 1.29 is 9.53 Å². The highest BCUT2D eigenvalue weighted by atomic mass is 35.5. The normalized spacial score (nSPS) is 34.7. The van der Waals surface area contributed by atoms with E-state index in [1.807, 2.05) is 4.90 Å². The minimum absolute atomic E-state index is 0.169. The van der Waals surface area contributed by atoms with Crippen molar-refractivity contribution in [2.24, 2.45) is 5.92 Å². The highest BCUT2D eigenvalue weighted by Crippen LogP contribution is 2.25. The molecule has 0 saturated carbocycles. The number of amides is 1. The average molecular weight is 260 g/mol. The highest BCUT2D eigenvalue weighted by Gasteiger charge is 2.36. The van der Waals surface area contributed by atoms with Crippen molar-refractivity contribution in [1.29, 1.82) is 0 Å². The predicted molar refractivity (Wildman–Crippen MR) is 68.2 cm³/mol. The van der Waals surface area contributed by atoms with Gasteiger partial charge in [0.1, 0.15) is 6.10 Å². The van der Waals surface area contributed by atoms with Crippen LogP contribution in [0.15, 0.2) is 0 Å². The molecule has 2 fully saturated rings. The van der Waals surface area contributed by atoms with Crippen LogP contribution >= 0.6 is 11.6 Å². The molecule has 2 aliphatic heterocycles. The first kappa shape index (κ1) is 13.2. The number of nitrogens with zero attached hydrogens (tertiary/aromatic N) is 1. The molecule has 17 heavy (non-hydrogen) atoms. The number of likely N-dealkylation sites (tertiary alicyclic amines) is 1. The van der Waals surface area contributed by atoms with Gasteiger partial charge in [0, 0.05) is 25.1 Å². The summed E-state index contributed by atoms with van der Waals surface area (Å²) in [5.41, 5.74) is 0. The van der Waals surface area contributed by atoms with E-state index in [9.17, 15) is 4.79 Å². The van der Waals surface area contributed by atoms with Gasteiger partial charge in [-0.25, -0.2) is 0 Å². The molecule has 4 heteroatoms. The third-order valence-corrected chi connectivity index (χ3v) is 4.33. The Morgan fingerprint density at radius 3 is 2.82 bits per heavy atom. The van der Waals surface area contributed by atoms with E-state index in [0.717, 1.165) is 32.4 Å². The Kier molecular flexibility index (Phi) is 4.69. The van der Waals surface area contributed by atoms with E-state index in [0.29, 0.717) is 11.8 Å². The molecule has 0 spiro atoms. The summed E-state index contributed by atoms with van der Waals surface area (Å²) in [6.45, 7) is 3.67. The van der Waals surface area contributed by atoms with Crippen molar-refractivity contribution in [3.05, 3.63) is 0 Å². The Morgan fingerprint density at radius 1 is 1.35 bits per heavy atom. The molecule has 0 radical (unpaired) electrons. The molecule has 2 saturated heterocycles. The lowest BCUT2D eigenvalue weighted by atomic mass is 10.0. The van der Waals surface area contributed by atoms with Crippen LogP contribution in [0.5, 0.6) is 0 Å². The lowest BCUT2D eigenvalue weighted by Crippen LogP contribution is -2.47. The van der Waals surface area contributed by atoms with Gasteiger partial charge in [0.2, 0.25) is 0 Å². The number of hydrogen-bond donors (Lipinski definition) is 0. The molecule has 0 aromatic heterocycles. The van der Waals surface area contributed by atoms with Gasteiger partial charge in [0.25, 0.3) is 5.91 Å². The quantitative estimate of drug-likeness (QED) is 0.713. The molecule has 3 nitrogen and oxygen atoms in total. The topological polar surface area (TPSA) is 29.5 Å². The van der Waals surface area contributed by atoms with E-state index < -0.39 is 0 Å². The zero-order valence-electron chi connectivity index (χ0n) is 10.5. The van der Waals surface area contributed by atoms with Crippen LogP contribution in [0.3, 0.4) is 0 Å². The van der Waals surface area contributed by atoms with Crippen LogP contribution in [0.25, 0.3) is 0 Å². The number of rotatable bonds is 2. The molecule has 2 aliphatic rings. The largest absolute Gasteiger partial charge is 0.368 e. The van der Waals surface area contributed by atoms with Crippen LogP contribution < -0.4 is 0 Å². The molecule has 98 valence electrons. The molecule has 0 aromatic rings. The highest BCUT2D eigenvalue weighted by molar-refractivity contribution is 6.18. The van der Waals surface area contributed by atoms with E-state index in [1.165, 1.54) is 12.8 Å². The molecule has 0 bridgehead atoms. The van der Waals surface area contributed by atoms with Gasteiger partial charge in [-0.2, -0.15) is 0 Å². The Labute approximate surface area is 108 Å². The predicted octanol–water partition coefficient (Wildman–Crippen LogP) is 2.42. The standard InChI is InChI=1S/C13H22ClNO2/c1-10-6-8-17-12(10)13(16)15-7-4-2-3-5-11(15)9-14/h10-12H,2-9H2,1H3. The number of halogens is 1. The van der Waals surface area contributed by atoms with E-state index in [-0.39, 0.29) is 18.1 Å². The zero-order chi connectivity index (χ0) is 12.3. The van der Waals surface area contributed by atoms with Crippen LogP contribution in [0.4, 0.5) is 0 Å². The van der Waals surface area contributed by atoms with Crippen LogP contribution in [0.1, 0.15) is 39.0 Å². The van der Waals surface area contributed by atoms with Gasteiger partial charge < -0.3 is 9.64 Å². The first-order chi connectivity index (χ1) is 8.24. The lowest BCUT2D eigenvalue weighted by molar-refractivity contribution is -0.144. The van der Waals surface area contributed by atoms with Crippen LogP contribution in [0.2, 0.25) is 0 Å². The number of carbonyl (C=O) groups is 1. The zero-order valence-corrected chi connectivity index (χ0v) is 11.3. The van der Waals surface area contributed by atoms with Crippen molar-refractivity contribution in [2.45, 2.75) is 51.2 Å². The number of hydrogen-bond acceptors (Lipinski definition) is 2. The van der Waals surface area contributed by atoms with Crippen molar-refractivity contribution >= 4 is 17.5 Å². The maximum absolute atomic E-state index is 12.5. The summed E-state index contributed by atoms with van der Waals surface area (Å²) in [6.07, 6.45) is 5.30. The van der Waals surface area contributed by atoms with Crippen molar-refractivity contribution in [2.75, 3.05) is 19.0 Å². The fourth-order valence-electron chi connectivity index (χ4n) is 2.80. The van der Waals surface area contributed by atoms with E-state index in [4.69, 9.17) is 16.3 Å². The summed E-state index contributed by atoms with van der Waals surface area (Å²) < 4.78 is 5.58. The Balaban J connectivity index is 2.04. The van der Waals surface area contributed by atoms with Crippen LogP contribution in [-0.2, 0) is 9.53 Å². The van der Waals surface area contributed by atoms with Crippen LogP contribution in [0, 0.1) is 5.92 Å². The smallest absolute Gasteiger partial charge is 0.252 e. The van der Waals surface area contributed by atoms with Crippen molar-refractivity contribution in [1.82, 2.24) is 4.90 Å². The lowest BCUT2D eigenvalue weighted by Gasteiger charge is -2.31. The summed E-state index contributed by atoms with van der Waals surface area (Å²) in [6, 6.07) is 0.211. The summed E-state index contributed by atoms with van der Waals surface area (Å²) in [7, 11) is 0. The van der Waals surface area contributed by atoms with Gasteiger partial charge in [-0.1, -0.05) is 19.8 Å². The van der Waals surface area contributed by atoms with Crippen LogP contribution in [-0.4, -0.2) is 42.0 Å². The van der Waals surface area contributed by atoms with Gasteiger partial charge in [0.15, 0.2) is 0 Å². The third kappa shape index (κ3) is 2.94. The van der Waals surface area contributed by atoms with E-state index in [1.54, 1.807) is 0 Å². The van der Waals surface area contributed by atoms with E-state index >= 15 is 0 Å². The molecular formula is C13H22ClNO2. The number of carbonyl (C=O) groups excluding carboxylic acids is 1. The third-order valence-electron chi connectivity index (χ3n) is 3.97. The molecule has 0 aromatic carbocycles. The average Bonchev–Trinajstić information content (AvgIpc) is 2.64. The summed E-state index contributed by atoms with van der Waals surface area (Å²) in [5.74, 6) is 1.07. The molecule has 3 unspecified atom stereocenters. The second-order valence-corrected chi connectivity index (χ2v) is 5.56. The molecule has 2 rings (SSSR count). The molecule has 3 atom stereocenters. The maximum Gasteiger partial charge on any atom is 0.252 e. The minimum Gasteiger partial charge on any atom is -0.368 e. The van der Waals surface area contributed by atoms with Gasteiger partial charge in [-0.15, -0.1) is 11.6 Å². The Hall–Kier alpha value is -0.280. The number of alkyl halides is 1. The molecular weight excluding hydrogens is 238 g/mol. The maximum atomic E-state index is 12.5. The second-order valence-electron chi connectivity index (χ2n) is 5.25. The van der Waals surface area contributed by atoms with Crippen molar-refractivity contribution in [3.63, 3.8) is 0 Å². The van der Waals surface area contributed by atoms with Gasteiger partial charge >= 0.3 is 0 Å². The molecule has 0 N–H and O–H groups in total. The summed E-state index contributed by atoms with van der Waals surface area (Å²) in [4.78, 5) is 14.5. The first-order valence-electron chi connectivity index (χ1n) is 6.72. The van der Waals surface area contributed by atoms with Gasteiger partial charge in [0.05, 0.1) is 0 Å². The molecule has 2 heterocycles. The van der Waals surface area contributed by atoms with E-state index in [2.05, 4.69) is 6.92 Å². The van der Waals surface area contributed by atoms with Crippen molar-refractivity contribution in [3.8, 4) is 0 Å². The minimum atomic E-state index is -0.223. The molecule has 0 aliphatic carbocycles. The monoisotopic (exact) mass is 259 g/mol. The summed E-state index contributed by atoms with van der Waals surface area (Å²) in [5, 5.41) is 0. The fraction of sp³-hybridized carbons (Fsp3) is 0.923. The number of ether oxygens (including phenoxy) is 1. The SMILES string of the molecule is CC1CCOC1C(=O)N1CCCCCC1CCl. The van der Waals surface area contributed by atoms with Gasteiger partial charge in [-0.3, -0.25) is 4.79 Å². The Morgan fingerprint density at radius 2 is 2.18 bits per heavy atom. The second kappa shape index (κ2) is 6.05. The fourth-order valence-corrected chi connectivity index (χ4v) is 3.12. The Bertz CT molecular complexity index is 272. The molecule has 1 amide bonds. The first-order valence-corrected chi connectivity index (χ1v) is 7.25. The summed E-state index contributed by atoms with van der Waals surface area (Å²) >= 11 is 6.00. The van der Waals surface area contributed by atoms with Gasteiger partial charge in [-0.05, 0) is 25.2 Å².